The molecule has 108 valence electrons. The molecular formula is C14H16N6O. The van der Waals surface area contributed by atoms with Crippen LogP contribution in [0.2, 0.25) is 0 Å². The lowest BCUT2D eigenvalue weighted by Crippen LogP contribution is -2.05. The molecule has 0 atom stereocenters. The fraction of sp³-hybridized carbons (Fsp3) is 0.214. The maximum Gasteiger partial charge on any atom is 0.226 e. The lowest BCUT2D eigenvalue weighted by atomic mass is 10.2. The predicted molar refractivity (Wildman–Crippen MR) is 81.6 cm³/mol. The van der Waals surface area contributed by atoms with Gasteiger partial charge in [0, 0.05) is 13.6 Å². The molecule has 0 spiro atoms. The number of nitrogens with one attached hydrogen (secondary N) is 3. The van der Waals surface area contributed by atoms with Crippen molar-refractivity contribution in [1.29, 1.82) is 0 Å². The van der Waals surface area contributed by atoms with E-state index >= 15 is 0 Å². The Labute approximate surface area is 121 Å². The topological polar surface area (TPSA) is 87.8 Å². The summed E-state index contributed by atoms with van der Waals surface area (Å²) in [5, 5.41) is 6.23. The van der Waals surface area contributed by atoms with Gasteiger partial charge in [-0.15, -0.1) is 0 Å². The van der Waals surface area contributed by atoms with Gasteiger partial charge in [-0.1, -0.05) is 12.1 Å². The standard InChI is InChI=1S/C14H16N6O/c1-15-14-19-12(11-13(20-14)18-8-17-11)16-7-9-4-3-5-10(6-9)21-2/h3-6,8H,7H2,1-2H3,(H3,15,16,17,18,19,20). The smallest absolute Gasteiger partial charge is 0.226 e. The summed E-state index contributed by atoms with van der Waals surface area (Å²) in [6, 6.07) is 7.89. The highest BCUT2D eigenvalue weighted by molar-refractivity contribution is 5.83. The molecule has 0 saturated carbocycles. The van der Waals surface area contributed by atoms with Crippen molar-refractivity contribution in [1.82, 2.24) is 19.9 Å². The fourth-order valence-corrected chi connectivity index (χ4v) is 2.04. The first-order valence-corrected chi connectivity index (χ1v) is 6.56. The van der Waals surface area contributed by atoms with E-state index in [1.54, 1.807) is 20.5 Å². The Bertz CT molecular complexity index is 754. The number of imidazole rings is 1. The van der Waals surface area contributed by atoms with Crippen LogP contribution in [0.15, 0.2) is 30.6 Å². The number of ether oxygens (including phenoxy) is 1. The van der Waals surface area contributed by atoms with Gasteiger partial charge in [-0.25, -0.2) is 4.98 Å². The van der Waals surface area contributed by atoms with Gasteiger partial charge in [0.2, 0.25) is 5.95 Å². The number of rotatable bonds is 5. The number of hydrogen-bond donors (Lipinski definition) is 3. The summed E-state index contributed by atoms with van der Waals surface area (Å²) < 4.78 is 5.22. The average Bonchev–Trinajstić information content (AvgIpc) is 3.01. The number of hydrogen-bond acceptors (Lipinski definition) is 6. The molecule has 7 nitrogen and oxygen atoms in total. The summed E-state index contributed by atoms with van der Waals surface area (Å²) in [6.45, 7) is 0.630. The Hall–Kier alpha value is -2.83. The van der Waals surface area contributed by atoms with Crippen molar-refractivity contribution in [3.8, 4) is 5.75 Å². The minimum Gasteiger partial charge on any atom is -0.497 e. The SMILES string of the molecule is CNc1nc(NCc2cccc(OC)c2)c2[nH]cnc2n1. The molecular weight excluding hydrogens is 268 g/mol. The Balaban J connectivity index is 1.85. The maximum absolute atomic E-state index is 5.22. The normalized spacial score (nSPS) is 10.6. The van der Waals surface area contributed by atoms with Crippen molar-refractivity contribution in [3.63, 3.8) is 0 Å². The molecule has 1 aromatic carbocycles. The molecule has 0 amide bonds. The van der Waals surface area contributed by atoms with Crippen LogP contribution in [0.1, 0.15) is 5.56 Å². The first-order chi connectivity index (χ1) is 10.3. The molecule has 0 aliphatic carbocycles. The van der Waals surface area contributed by atoms with E-state index in [2.05, 4.69) is 30.6 Å². The van der Waals surface area contributed by atoms with Crippen molar-refractivity contribution in [3.05, 3.63) is 36.2 Å². The quantitative estimate of drug-likeness (QED) is 0.664. The van der Waals surface area contributed by atoms with Gasteiger partial charge < -0.3 is 20.4 Å². The Morgan fingerprint density at radius 2 is 2.19 bits per heavy atom. The van der Waals surface area contributed by atoms with E-state index < -0.39 is 0 Å². The summed E-state index contributed by atoms with van der Waals surface area (Å²) in [5.41, 5.74) is 2.52. The first-order valence-electron chi connectivity index (χ1n) is 6.56. The lowest BCUT2D eigenvalue weighted by molar-refractivity contribution is 0.414. The van der Waals surface area contributed by atoms with Gasteiger partial charge in [0.1, 0.15) is 11.3 Å². The number of benzene rings is 1. The monoisotopic (exact) mass is 284 g/mol. The van der Waals surface area contributed by atoms with E-state index in [0.29, 0.717) is 24.0 Å². The van der Waals surface area contributed by atoms with Crippen LogP contribution in [0.25, 0.3) is 11.2 Å². The van der Waals surface area contributed by atoms with Crippen LogP contribution in [0, 0.1) is 0 Å². The second kappa shape index (κ2) is 5.66. The summed E-state index contributed by atoms with van der Waals surface area (Å²) in [6.07, 6.45) is 1.61. The third-order valence-electron chi connectivity index (χ3n) is 3.10. The zero-order valence-electron chi connectivity index (χ0n) is 11.8. The number of H-pyrrole nitrogens is 1. The Morgan fingerprint density at radius 3 is 3.00 bits per heavy atom. The van der Waals surface area contributed by atoms with Crippen molar-refractivity contribution in [2.45, 2.75) is 6.54 Å². The van der Waals surface area contributed by atoms with E-state index in [0.717, 1.165) is 16.8 Å². The van der Waals surface area contributed by atoms with Crippen molar-refractivity contribution < 1.29 is 4.74 Å². The average molecular weight is 284 g/mol. The van der Waals surface area contributed by atoms with E-state index in [4.69, 9.17) is 4.74 Å². The number of methoxy groups -OCH3 is 1. The summed E-state index contributed by atoms with van der Waals surface area (Å²) in [7, 11) is 3.43. The highest BCUT2D eigenvalue weighted by atomic mass is 16.5. The molecule has 0 unspecified atom stereocenters. The molecule has 0 aliphatic rings. The van der Waals surface area contributed by atoms with Crippen molar-refractivity contribution >= 4 is 22.9 Å². The molecule has 0 fully saturated rings. The Morgan fingerprint density at radius 1 is 1.29 bits per heavy atom. The molecule has 2 heterocycles. The zero-order chi connectivity index (χ0) is 14.7. The third-order valence-corrected chi connectivity index (χ3v) is 3.10. The van der Waals surface area contributed by atoms with Crippen LogP contribution in [-0.2, 0) is 6.54 Å². The van der Waals surface area contributed by atoms with Crippen LogP contribution >= 0.6 is 0 Å². The second-order valence-electron chi connectivity index (χ2n) is 4.45. The van der Waals surface area contributed by atoms with Crippen LogP contribution in [0.4, 0.5) is 11.8 Å². The van der Waals surface area contributed by atoms with E-state index in [1.807, 2.05) is 24.3 Å². The number of fused-ring (bicyclic) bond motifs is 1. The molecule has 7 heteroatoms. The fourth-order valence-electron chi connectivity index (χ4n) is 2.04. The molecule has 3 aromatic rings. The van der Waals surface area contributed by atoms with E-state index in [1.165, 1.54) is 0 Å². The minimum atomic E-state index is 0.530. The number of aromatic nitrogens is 4. The number of anilines is 2. The van der Waals surface area contributed by atoms with Crippen LogP contribution in [0.5, 0.6) is 5.75 Å². The molecule has 2 aromatic heterocycles. The van der Waals surface area contributed by atoms with E-state index in [9.17, 15) is 0 Å². The molecule has 3 N–H and O–H groups in total. The van der Waals surface area contributed by atoms with Crippen molar-refractivity contribution in [2.24, 2.45) is 0 Å². The van der Waals surface area contributed by atoms with Crippen LogP contribution in [-0.4, -0.2) is 34.1 Å². The predicted octanol–water partition coefficient (Wildman–Crippen LogP) is 2.02. The molecule has 3 rings (SSSR count). The lowest BCUT2D eigenvalue weighted by Gasteiger charge is -2.09. The van der Waals surface area contributed by atoms with Crippen molar-refractivity contribution in [2.75, 3.05) is 24.8 Å². The molecule has 0 aliphatic heterocycles. The van der Waals surface area contributed by atoms with Gasteiger partial charge in [-0.3, -0.25) is 0 Å². The zero-order valence-corrected chi connectivity index (χ0v) is 11.8. The van der Waals surface area contributed by atoms with E-state index in [-0.39, 0.29) is 0 Å². The highest BCUT2D eigenvalue weighted by Crippen LogP contribution is 2.20. The van der Waals surface area contributed by atoms with Gasteiger partial charge in [-0.2, -0.15) is 9.97 Å². The molecule has 21 heavy (non-hydrogen) atoms. The number of nitrogens with zero attached hydrogens (tertiary/aromatic N) is 3. The van der Waals surface area contributed by atoms with Crippen LogP contribution < -0.4 is 15.4 Å². The highest BCUT2D eigenvalue weighted by Gasteiger charge is 2.09. The van der Waals surface area contributed by atoms with Gasteiger partial charge in [0.05, 0.1) is 13.4 Å². The van der Waals surface area contributed by atoms with Gasteiger partial charge >= 0.3 is 0 Å². The molecule has 0 bridgehead atoms. The minimum absolute atomic E-state index is 0.530. The largest absolute Gasteiger partial charge is 0.497 e. The molecule has 0 saturated heterocycles. The van der Waals surface area contributed by atoms with Crippen LogP contribution in [0.3, 0.4) is 0 Å². The summed E-state index contributed by atoms with van der Waals surface area (Å²) >= 11 is 0. The number of aromatic amines is 1. The van der Waals surface area contributed by atoms with Gasteiger partial charge in [0.15, 0.2) is 11.5 Å². The molecule has 0 radical (unpaired) electrons. The Kier molecular flexibility index (Phi) is 3.55. The van der Waals surface area contributed by atoms with Gasteiger partial charge in [-0.05, 0) is 17.7 Å². The summed E-state index contributed by atoms with van der Waals surface area (Å²) in [5.74, 6) is 2.08. The van der Waals surface area contributed by atoms with Gasteiger partial charge in [0.25, 0.3) is 0 Å². The third kappa shape index (κ3) is 2.71. The summed E-state index contributed by atoms with van der Waals surface area (Å²) in [4.78, 5) is 15.9. The second-order valence-corrected chi connectivity index (χ2v) is 4.45. The maximum atomic E-state index is 5.22. The first kappa shape index (κ1) is 13.2.